The normalized spacial score (nSPS) is 17.1. The molecule has 2 nitrogen and oxygen atoms in total. The fourth-order valence-electron chi connectivity index (χ4n) is 1.64. The number of allylic oxidation sites excluding steroid dienone is 2. The molecule has 0 unspecified atom stereocenters. The first-order valence-electron chi connectivity index (χ1n) is 5.20. The van der Waals surface area contributed by atoms with Crippen LogP contribution in [0.2, 0.25) is 0 Å². The molecule has 0 aromatic heterocycles. The van der Waals surface area contributed by atoms with E-state index in [1.54, 1.807) is 0 Å². The van der Waals surface area contributed by atoms with Gasteiger partial charge in [-0.2, -0.15) is 0 Å². The van der Waals surface area contributed by atoms with Crippen LogP contribution in [-0.2, 0) is 4.79 Å². The molecule has 0 saturated heterocycles. The van der Waals surface area contributed by atoms with E-state index in [-0.39, 0.29) is 0 Å². The molecule has 0 atom stereocenters. The number of Topliss-reactive ketones (excluding diaryl/α,β-unsaturated/α-hetero) is 1. The first kappa shape index (κ1) is 10.3. The number of nitrogens with zero attached hydrogens (tertiary/aromatic N) is 1. The van der Waals surface area contributed by atoms with Gasteiger partial charge >= 0.3 is 0 Å². The number of hydrogen-bond acceptors (Lipinski definition) is 2. The van der Waals surface area contributed by atoms with Gasteiger partial charge in [0.15, 0.2) is 5.78 Å². The van der Waals surface area contributed by atoms with Crippen molar-refractivity contribution in [2.45, 2.75) is 39.0 Å². The van der Waals surface area contributed by atoms with E-state index in [1.165, 1.54) is 6.42 Å². The van der Waals surface area contributed by atoms with Gasteiger partial charge < -0.3 is 4.90 Å². The van der Waals surface area contributed by atoms with Gasteiger partial charge in [0, 0.05) is 20.0 Å². The van der Waals surface area contributed by atoms with E-state index >= 15 is 0 Å². The monoisotopic (exact) mass is 181 g/mol. The van der Waals surface area contributed by atoms with E-state index in [1.807, 2.05) is 7.05 Å². The zero-order chi connectivity index (χ0) is 9.68. The van der Waals surface area contributed by atoms with Gasteiger partial charge in [-0.3, -0.25) is 4.79 Å². The second kappa shape index (κ2) is 5.05. The van der Waals surface area contributed by atoms with Gasteiger partial charge in [0.05, 0.1) is 5.70 Å². The maximum Gasteiger partial charge on any atom is 0.178 e. The molecule has 0 aromatic carbocycles. The lowest BCUT2D eigenvalue weighted by atomic mass is 10.1. The highest BCUT2D eigenvalue weighted by molar-refractivity contribution is 5.94. The van der Waals surface area contributed by atoms with Gasteiger partial charge in [0.25, 0.3) is 0 Å². The molecule has 0 aliphatic carbocycles. The molecule has 0 amide bonds. The number of unbranched alkanes of at least 4 members (excludes halogenated alkanes) is 1. The van der Waals surface area contributed by atoms with Crippen molar-refractivity contribution in [3.05, 3.63) is 11.8 Å². The van der Waals surface area contributed by atoms with E-state index < -0.39 is 0 Å². The van der Waals surface area contributed by atoms with Crippen LogP contribution in [0.5, 0.6) is 0 Å². The average Bonchev–Trinajstić information content (AvgIpc) is 2.15. The van der Waals surface area contributed by atoms with E-state index in [4.69, 9.17) is 0 Å². The second-order valence-electron chi connectivity index (χ2n) is 3.68. The van der Waals surface area contributed by atoms with Crippen molar-refractivity contribution in [3.63, 3.8) is 0 Å². The maximum atomic E-state index is 11.7. The molecule has 1 rings (SSSR count). The Labute approximate surface area is 80.6 Å². The molecule has 0 bridgehead atoms. The SMILES string of the molecule is CCCCC(=O)C1=CCCCN1C. The van der Waals surface area contributed by atoms with Crippen LogP contribution in [0.1, 0.15) is 39.0 Å². The molecule has 74 valence electrons. The van der Waals surface area contributed by atoms with Gasteiger partial charge in [-0.05, 0) is 19.3 Å². The van der Waals surface area contributed by atoms with Gasteiger partial charge in [-0.25, -0.2) is 0 Å². The molecule has 1 aliphatic heterocycles. The number of hydrogen-bond donors (Lipinski definition) is 0. The van der Waals surface area contributed by atoms with E-state index in [0.29, 0.717) is 12.2 Å². The number of carbonyl (C=O) groups is 1. The molecular formula is C11H19NO. The molecule has 0 fully saturated rings. The second-order valence-corrected chi connectivity index (χ2v) is 3.68. The Kier molecular flexibility index (Phi) is 4.00. The van der Waals surface area contributed by atoms with Crippen LogP contribution in [-0.4, -0.2) is 24.3 Å². The lowest BCUT2D eigenvalue weighted by Gasteiger charge is -2.25. The highest BCUT2D eigenvalue weighted by atomic mass is 16.1. The van der Waals surface area contributed by atoms with Crippen LogP contribution in [0.3, 0.4) is 0 Å². The highest BCUT2D eigenvalue weighted by Crippen LogP contribution is 2.15. The minimum Gasteiger partial charge on any atom is -0.372 e. The lowest BCUT2D eigenvalue weighted by molar-refractivity contribution is -0.117. The Morgan fingerprint density at radius 1 is 1.62 bits per heavy atom. The summed E-state index contributed by atoms with van der Waals surface area (Å²) in [6.07, 6.45) is 7.17. The van der Waals surface area contributed by atoms with Crippen LogP contribution in [0.4, 0.5) is 0 Å². The molecule has 2 heteroatoms. The summed E-state index contributed by atoms with van der Waals surface area (Å²) in [6, 6.07) is 0. The Morgan fingerprint density at radius 3 is 3.00 bits per heavy atom. The van der Waals surface area contributed by atoms with Crippen molar-refractivity contribution in [2.75, 3.05) is 13.6 Å². The van der Waals surface area contributed by atoms with Gasteiger partial charge in [0.2, 0.25) is 0 Å². The predicted molar refractivity (Wildman–Crippen MR) is 54.5 cm³/mol. The van der Waals surface area contributed by atoms with Crippen molar-refractivity contribution in [1.29, 1.82) is 0 Å². The van der Waals surface area contributed by atoms with Crippen LogP contribution in [0.15, 0.2) is 11.8 Å². The third kappa shape index (κ3) is 2.87. The number of ketones is 1. The minimum absolute atomic E-state index is 0.323. The van der Waals surface area contributed by atoms with E-state index in [9.17, 15) is 4.79 Å². The molecular weight excluding hydrogens is 162 g/mol. The fraction of sp³-hybridized carbons (Fsp3) is 0.727. The summed E-state index contributed by atoms with van der Waals surface area (Å²) in [6.45, 7) is 3.15. The summed E-state index contributed by atoms with van der Waals surface area (Å²) in [7, 11) is 2.01. The van der Waals surface area contributed by atoms with Gasteiger partial charge in [-0.15, -0.1) is 0 Å². The maximum absolute atomic E-state index is 11.7. The molecule has 1 aliphatic rings. The molecule has 0 N–H and O–H groups in total. The van der Waals surface area contributed by atoms with E-state index in [2.05, 4.69) is 17.9 Å². The Bertz CT molecular complexity index is 208. The molecule has 0 saturated carbocycles. The minimum atomic E-state index is 0.323. The summed E-state index contributed by atoms with van der Waals surface area (Å²) in [5, 5.41) is 0. The van der Waals surface area contributed by atoms with Crippen molar-refractivity contribution >= 4 is 5.78 Å². The predicted octanol–water partition coefficient (Wildman–Crippen LogP) is 2.36. The zero-order valence-corrected chi connectivity index (χ0v) is 8.68. The molecule has 0 radical (unpaired) electrons. The Morgan fingerprint density at radius 2 is 2.38 bits per heavy atom. The summed E-state index contributed by atoms with van der Waals surface area (Å²) >= 11 is 0. The quantitative estimate of drug-likeness (QED) is 0.663. The standard InChI is InChI=1S/C11H19NO/c1-3-4-8-11(13)10-7-5-6-9-12(10)2/h7H,3-6,8-9H2,1-2H3. The van der Waals surface area contributed by atoms with Crippen molar-refractivity contribution in [3.8, 4) is 0 Å². The molecule has 0 spiro atoms. The smallest absolute Gasteiger partial charge is 0.178 e. The van der Waals surface area contributed by atoms with Crippen LogP contribution in [0, 0.1) is 0 Å². The Hall–Kier alpha value is -0.790. The molecule has 1 heterocycles. The van der Waals surface area contributed by atoms with Crippen molar-refractivity contribution in [1.82, 2.24) is 4.90 Å². The summed E-state index contributed by atoms with van der Waals surface area (Å²) < 4.78 is 0. The summed E-state index contributed by atoms with van der Waals surface area (Å²) in [5.74, 6) is 0.323. The number of likely N-dealkylation sites (N-methyl/N-ethyl adjacent to an activating group) is 1. The molecule has 0 aromatic rings. The average molecular weight is 181 g/mol. The topological polar surface area (TPSA) is 20.3 Å². The third-order valence-corrected chi connectivity index (χ3v) is 2.49. The number of carbonyl (C=O) groups excluding carboxylic acids is 1. The third-order valence-electron chi connectivity index (χ3n) is 2.49. The lowest BCUT2D eigenvalue weighted by Crippen LogP contribution is -2.27. The van der Waals surface area contributed by atoms with Crippen LogP contribution < -0.4 is 0 Å². The first-order chi connectivity index (χ1) is 6.25. The largest absolute Gasteiger partial charge is 0.372 e. The van der Waals surface area contributed by atoms with E-state index in [0.717, 1.165) is 31.5 Å². The number of rotatable bonds is 4. The van der Waals surface area contributed by atoms with Crippen LogP contribution in [0.25, 0.3) is 0 Å². The zero-order valence-electron chi connectivity index (χ0n) is 8.68. The molecule has 13 heavy (non-hydrogen) atoms. The van der Waals surface area contributed by atoms with Gasteiger partial charge in [-0.1, -0.05) is 19.4 Å². The van der Waals surface area contributed by atoms with Crippen molar-refractivity contribution in [2.24, 2.45) is 0 Å². The Balaban J connectivity index is 2.49. The van der Waals surface area contributed by atoms with Crippen molar-refractivity contribution < 1.29 is 4.79 Å². The summed E-state index contributed by atoms with van der Waals surface area (Å²) in [4.78, 5) is 13.7. The fourth-order valence-corrected chi connectivity index (χ4v) is 1.64. The van der Waals surface area contributed by atoms with Gasteiger partial charge in [0.1, 0.15) is 0 Å². The summed E-state index contributed by atoms with van der Waals surface area (Å²) in [5.41, 5.74) is 0.944. The first-order valence-corrected chi connectivity index (χ1v) is 5.20. The van der Waals surface area contributed by atoms with Crippen LogP contribution >= 0.6 is 0 Å². The highest BCUT2D eigenvalue weighted by Gasteiger charge is 2.15.